The van der Waals surface area contributed by atoms with Crippen LogP contribution in [0, 0.1) is 0 Å². The number of halogens is 3. The Hall–Kier alpha value is -4.95. The van der Waals surface area contributed by atoms with E-state index in [1.54, 1.807) is 14.2 Å². The maximum absolute atomic E-state index is 5.97. The first-order chi connectivity index (χ1) is 24.5. The van der Waals surface area contributed by atoms with Gasteiger partial charge in [0.05, 0.1) is 24.6 Å². The molecule has 51 heavy (non-hydrogen) atoms. The van der Waals surface area contributed by atoms with Gasteiger partial charge in [-0.25, -0.2) is 9.97 Å². The molecule has 0 aliphatic rings. The van der Waals surface area contributed by atoms with Crippen molar-refractivity contribution in [2.24, 2.45) is 0 Å². The molecule has 0 radical (unpaired) electrons. The number of fused-ring (bicyclic) bond motifs is 2. The quantitative estimate of drug-likeness (QED) is 0.156. The molecule has 0 amide bonds. The second-order valence-corrected chi connectivity index (χ2v) is 12.7. The lowest BCUT2D eigenvalue weighted by Crippen LogP contribution is -1.93. The van der Waals surface area contributed by atoms with Crippen molar-refractivity contribution in [3.8, 4) is 44.8 Å². The summed E-state index contributed by atoms with van der Waals surface area (Å²) in [5.41, 5.74) is 12.8. The molecule has 6 nitrogen and oxygen atoms in total. The van der Waals surface area contributed by atoms with Gasteiger partial charge in [-0.15, -0.1) is 12.4 Å². The third-order valence-corrected chi connectivity index (χ3v) is 8.91. The van der Waals surface area contributed by atoms with Crippen LogP contribution in [0.25, 0.3) is 56.1 Å². The van der Waals surface area contributed by atoms with Gasteiger partial charge in [0.1, 0.15) is 11.3 Å². The number of methoxy groups -OCH3 is 2. The molecular weight excluding hydrogens is 699 g/mol. The van der Waals surface area contributed by atoms with Crippen LogP contribution in [0.3, 0.4) is 0 Å². The van der Waals surface area contributed by atoms with Gasteiger partial charge in [0, 0.05) is 60.2 Å². The van der Waals surface area contributed by atoms with Crippen LogP contribution in [-0.4, -0.2) is 33.0 Å². The number of imidazole rings is 2. The standard InChI is InChI=1S/2C21H17ClN2O.ClH/c1-25-14-15-2-4-16(5-3-15)18-8-11-21-23-20(13-24(21)12-18)17-6-9-19(22)10-7-17;1-25-14-17-4-2-3-5-19(17)16-8-11-21-23-20(13-24(21)12-16)15-6-9-18(22)10-7-15;/h2*2-13H,14H2,1H3;1H. The van der Waals surface area contributed by atoms with E-state index >= 15 is 0 Å². The molecule has 9 heteroatoms. The van der Waals surface area contributed by atoms with Crippen LogP contribution in [0.5, 0.6) is 0 Å². The molecule has 0 spiro atoms. The van der Waals surface area contributed by atoms with Crippen molar-refractivity contribution < 1.29 is 9.47 Å². The monoisotopic (exact) mass is 732 g/mol. The van der Waals surface area contributed by atoms with Crippen molar-refractivity contribution in [2.45, 2.75) is 13.2 Å². The van der Waals surface area contributed by atoms with Gasteiger partial charge in [0.2, 0.25) is 0 Å². The molecule has 4 aromatic carbocycles. The average molecular weight is 734 g/mol. The molecule has 4 heterocycles. The number of aromatic nitrogens is 4. The lowest BCUT2D eigenvalue weighted by atomic mass is 10.0. The highest BCUT2D eigenvalue weighted by Crippen LogP contribution is 2.28. The number of ether oxygens (including phenoxy) is 2. The van der Waals surface area contributed by atoms with Crippen molar-refractivity contribution in [2.75, 3.05) is 14.2 Å². The average Bonchev–Trinajstić information content (AvgIpc) is 3.77. The van der Waals surface area contributed by atoms with Crippen molar-refractivity contribution in [1.29, 1.82) is 0 Å². The van der Waals surface area contributed by atoms with Crippen LogP contribution < -0.4 is 0 Å². The highest BCUT2D eigenvalue weighted by Gasteiger charge is 2.09. The first-order valence-corrected chi connectivity index (χ1v) is 16.9. The van der Waals surface area contributed by atoms with Gasteiger partial charge < -0.3 is 18.3 Å². The van der Waals surface area contributed by atoms with E-state index in [0.29, 0.717) is 13.2 Å². The Balaban J connectivity index is 0.000000172. The minimum absolute atomic E-state index is 0. The van der Waals surface area contributed by atoms with E-state index < -0.39 is 0 Å². The number of hydrogen-bond donors (Lipinski definition) is 0. The molecule has 0 unspecified atom stereocenters. The predicted molar refractivity (Wildman–Crippen MR) is 211 cm³/mol. The number of rotatable bonds is 8. The molecule has 0 saturated heterocycles. The summed E-state index contributed by atoms with van der Waals surface area (Å²) in [6.07, 6.45) is 8.30. The number of nitrogens with zero attached hydrogens (tertiary/aromatic N) is 4. The van der Waals surface area contributed by atoms with Crippen LogP contribution in [0.2, 0.25) is 10.0 Å². The fourth-order valence-corrected chi connectivity index (χ4v) is 6.13. The van der Waals surface area contributed by atoms with Gasteiger partial charge >= 0.3 is 0 Å². The number of hydrogen-bond acceptors (Lipinski definition) is 4. The molecule has 0 saturated carbocycles. The molecule has 0 N–H and O–H groups in total. The molecular formula is C42H35Cl3N4O2. The lowest BCUT2D eigenvalue weighted by Gasteiger charge is -2.09. The molecule has 8 rings (SSSR count). The van der Waals surface area contributed by atoms with E-state index in [0.717, 1.165) is 55.0 Å². The van der Waals surface area contributed by atoms with E-state index in [2.05, 4.69) is 74.7 Å². The summed E-state index contributed by atoms with van der Waals surface area (Å²) in [5.74, 6) is 0. The van der Waals surface area contributed by atoms with Gasteiger partial charge in [-0.2, -0.15) is 0 Å². The van der Waals surface area contributed by atoms with Crippen molar-refractivity contribution in [3.05, 3.63) is 167 Å². The van der Waals surface area contributed by atoms with Crippen LogP contribution >= 0.6 is 35.6 Å². The SMILES string of the molecule is COCc1ccc(-c2ccc3nc(-c4ccc(Cl)cc4)cn3c2)cc1.COCc1ccccc1-c1ccc2nc(-c3ccc(Cl)cc3)cn2c1.Cl. The molecule has 0 fully saturated rings. The fourth-order valence-electron chi connectivity index (χ4n) is 5.88. The van der Waals surface area contributed by atoms with Crippen LogP contribution in [0.15, 0.2) is 146 Å². The van der Waals surface area contributed by atoms with Crippen LogP contribution in [-0.2, 0) is 22.7 Å². The molecule has 8 aromatic rings. The molecule has 0 aliphatic heterocycles. The minimum Gasteiger partial charge on any atom is -0.380 e. The first-order valence-electron chi connectivity index (χ1n) is 16.1. The van der Waals surface area contributed by atoms with E-state index in [-0.39, 0.29) is 12.4 Å². The summed E-state index contributed by atoms with van der Waals surface area (Å²) >= 11 is 11.9. The summed E-state index contributed by atoms with van der Waals surface area (Å²) in [6, 6.07) is 40.5. The van der Waals surface area contributed by atoms with Gasteiger partial charge in [-0.3, -0.25) is 0 Å². The lowest BCUT2D eigenvalue weighted by molar-refractivity contribution is 0.185. The van der Waals surface area contributed by atoms with E-state index in [4.69, 9.17) is 37.7 Å². The Morgan fingerprint density at radius 2 is 0.961 bits per heavy atom. The van der Waals surface area contributed by atoms with E-state index in [1.807, 2.05) is 85.2 Å². The van der Waals surface area contributed by atoms with Gasteiger partial charge in [0.15, 0.2) is 0 Å². The first kappa shape index (κ1) is 35.9. The van der Waals surface area contributed by atoms with Gasteiger partial charge in [-0.1, -0.05) is 96.0 Å². The Morgan fingerprint density at radius 1 is 0.490 bits per heavy atom. The zero-order valence-corrected chi connectivity index (χ0v) is 30.4. The predicted octanol–water partition coefficient (Wildman–Crippen LogP) is 11.4. The third-order valence-electron chi connectivity index (χ3n) is 8.41. The van der Waals surface area contributed by atoms with Gasteiger partial charge in [0.25, 0.3) is 0 Å². The summed E-state index contributed by atoms with van der Waals surface area (Å²) in [5, 5.41) is 1.45. The van der Waals surface area contributed by atoms with Gasteiger partial charge in [-0.05, 0) is 81.9 Å². The maximum atomic E-state index is 5.97. The summed E-state index contributed by atoms with van der Waals surface area (Å²) in [7, 11) is 3.42. The fraction of sp³-hybridized carbons (Fsp3) is 0.0952. The zero-order chi connectivity index (χ0) is 34.5. The normalized spacial score (nSPS) is 10.9. The number of benzene rings is 4. The van der Waals surface area contributed by atoms with E-state index in [1.165, 1.54) is 22.3 Å². The number of pyridine rings is 2. The second-order valence-electron chi connectivity index (χ2n) is 11.9. The smallest absolute Gasteiger partial charge is 0.137 e. The van der Waals surface area contributed by atoms with E-state index in [9.17, 15) is 0 Å². The molecule has 256 valence electrons. The van der Waals surface area contributed by atoms with Crippen molar-refractivity contribution in [1.82, 2.24) is 18.8 Å². The van der Waals surface area contributed by atoms with Crippen LogP contribution in [0.4, 0.5) is 0 Å². The molecule has 0 aliphatic carbocycles. The Morgan fingerprint density at radius 3 is 1.51 bits per heavy atom. The topological polar surface area (TPSA) is 53.1 Å². The Labute approximate surface area is 313 Å². The highest BCUT2D eigenvalue weighted by molar-refractivity contribution is 6.30. The Bertz CT molecular complexity index is 2370. The molecule has 4 aromatic heterocycles. The largest absolute Gasteiger partial charge is 0.380 e. The summed E-state index contributed by atoms with van der Waals surface area (Å²) < 4.78 is 14.6. The maximum Gasteiger partial charge on any atom is 0.137 e. The minimum atomic E-state index is 0. The highest BCUT2D eigenvalue weighted by atomic mass is 35.5. The third kappa shape index (κ3) is 8.34. The second kappa shape index (κ2) is 16.4. The summed E-state index contributed by atoms with van der Waals surface area (Å²) in [4.78, 5) is 9.39. The Kier molecular flexibility index (Phi) is 11.5. The van der Waals surface area contributed by atoms with Crippen molar-refractivity contribution in [3.63, 3.8) is 0 Å². The molecule has 0 bridgehead atoms. The summed E-state index contributed by atoms with van der Waals surface area (Å²) in [6.45, 7) is 1.22. The molecule has 0 atom stereocenters. The zero-order valence-electron chi connectivity index (χ0n) is 28.0. The van der Waals surface area contributed by atoms with Crippen molar-refractivity contribution >= 4 is 46.9 Å². The van der Waals surface area contributed by atoms with Crippen LogP contribution in [0.1, 0.15) is 11.1 Å².